The molecule has 0 aromatic heterocycles. The van der Waals surface area contributed by atoms with Crippen molar-refractivity contribution in [2.75, 3.05) is 6.54 Å². The van der Waals surface area contributed by atoms with Crippen molar-refractivity contribution < 1.29 is 14.3 Å². The highest BCUT2D eigenvalue weighted by atomic mass is 16.5. The van der Waals surface area contributed by atoms with Crippen molar-refractivity contribution in [3.63, 3.8) is 0 Å². The molecular formula is C26H36N2O3. The van der Waals surface area contributed by atoms with E-state index >= 15 is 0 Å². The summed E-state index contributed by atoms with van der Waals surface area (Å²) < 4.78 is 5.88. The van der Waals surface area contributed by atoms with E-state index in [1.165, 1.54) is 19.3 Å². The number of nitrogens with zero attached hydrogens (tertiary/aromatic N) is 1. The Morgan fingerprint density at radius 2 is 1.74 bits per heavy atom. The van der Waals surface area contributed by atoms with Crippen LogP contribution < -0.4 is 10.1 Å². The smallest absolute Gasteiger partial charge is 0.243 e. The number of benzene rings is 1. The topological polar surface area (TPSA) is 58.6 Å². The first-order valence-corrected chi connectivity index (χ1v) is 12.3. The largest absolute Gasteiger partial charge is 0.491 e. The highest BCUT2D eigenvalue weighted by Crippen LogP contribution is 2.60. The molecule has 1 atom stereocenters. The van der Waals surface area contributed by atoms with E-state index in [-0.39, 0.29) is 29.4 Å². The summed E-state index contributed by atoms with van der Waals surface area (Å²) in [5.41, 5.74) is 0.802. The molecule has 1 N–H and O–H groups in total. The molecule has 0 spiro atoms. The summed E-state index contributed by atoms with van der Waals surface area (Å²) in [6.45, 7) is 5.16. The molecule has 5 nitrogen and oxygen atoms in total. The molecule has 2 amide bonds. The molecule has 1 aliphatic heterocycles. The van der Waals surface area contributed by atoms with E-state index in [1.807, 2.05) is 43.0 Å². The fourth-order valence-corrected chi connectivity index (χ4v) is 7.28. The van der Waals surface area contributed by atoms with Crippen LogP contribution >= 0.6 is 0 Å². The number of rotatable bonds is 6. The van der Waals surface area contributed by atoms with Crippen LogP contribution in [0.4, 0.5) is 0 Å². The Morgan fingerprint density at radius 3 is 2.39 bits per heavy atom. The van der Waals surface area contributed by atoms with Crippen LogP contribution in [0.25, 0.3) is 0 Å². The first-order chi connectivity index (χ1) is 14.9. The van der Waals surface area contributed by atoms with Gasteiger partial charge in [0.05, 0.1) is 11.5 Å². The predicted octanol–water partition coefficient (Wildman–Crippen LogP) is 4.30. The Labute approximate surface area is 185 Å². The van der Waals surface area contributed by atoms with Crippen molar-refractivity contribution in [1.82, 2.24) is 10.2 Å². The number of amides is 2. The molecule has 4 saturated carbocycles. The third kappa shape index (κ3) is 3.96. The lowest BCUT2D eigenvalue weighted by atomic mass is 9.49. The van der Waals surface area contributed by atoms with Gasteiger partial charge in [0.1, 0.15) is 11.8 Å². The minimum Gasteiger partial charge on any atom is -0.491 e. The molecule has 1 saturated heterocycles. The van der Waals surface area contributed by atoms with Crippen LogP contribution in [0, 0.1) is 23.2 Å². The number of ether oxygens (including phenoxy) is 1. The molecule has 0 radical (unpaired) electrons. The predicted molar refractivity (Wildman–Crippen MR) is 119 cm³/mol. The van der Waals surface area contributed by atoms with Crippen LogP contribution in [0.3, 0.4) is 0 Å². The first-order valence-electron chi connectivity index (χ1n) is 12.3. The van der Waals surface area contributed by atoms with Gasteiger partial charge in [-0.15, -0.1) is 0 Å². The van der Waals surface area contributed by atoms with Gasteiger partial charge in [-0.2, -0.15) is 0 Å². The van der Waals surface area contributed by atoms with E-state index in [2.05, 4.69) is 5.32 Å². The van der Waals surface area contributed by atoms with Crippen LogP contribution in [-0.4, -0.2) is 35.4 Å². The molecular weight excluding hydrogens is 388 g/mol. The SMILES string of the molecule is CC(C)Oc1ccccc1CNC(=O)C1CCCN1C(=O)C12CC3CC(CC(C3)C1)C2. The van der Waals surface area contributed by atoms with Gasteiger partial charge in [-0.1, -0.05) is 18.2 Å². The fourth-order valence-electron chi connectivity index (χ4n) is 7.28. The van der Waals surface area contributed by atoms with Gasteiger partial charge < -0.3 is 15.0 Å². The second-order valence-corrected chi connectivity index (χ2v) is 10.8. The second-order valence-electron chi connectivity index (χ2n) is 10.8. The quantitative estimate of drug-likeness (QED) is 0.741. The average molecular weight is 425 g/mol. The number of para-hydroxylation sites is 1. The molecule has 168 valence electrons. The number of carbonyl (C=O) groups excluding carboxylic acids is 2. The van der Waals surface area contributed by atoms with Crippen LogP contribution in [0.15, 0.2) is 24.3 Å². The number of nitrogens with one attached hydrogen (secondary N) is 1. The molecule has 1 aromatic carbocycles. The molecule has 5 fully saturated rings. The number of likely N-dealkylation sites (tertiary alicyclic amines) is 1. The Balaban J connectivity index is 1.26. The van der Waals surface area contributed by atoms with Crippen LogP contribution in [0.2, 0.25) is 0 Å². The zero-order chi connectivity index (χ0) is 21.6. The van der Waals surface area contributed by atoms with Crippen molar-refractivity contribution in [2.24, 2.45) is 23.2 Å². The lowest BCUT2D eigenvalue weighted by Crippen LogP contribution is -2.57. The van der Waals surface area contributed by atoms with E-state index in [9.17, 15) is 9.59 Å². The molecule has 4 aliphatic carbocycles. The van der Waals surface area contributed by atoms with Gasteiger partial charge in [0.2, 0.25) is 11.8 Å². The number of hydrogen-bond acceptors (Lipinski definition) is 3. The Bertz CT molecular complexity index is 814. The highest BCUT2D eigenvalue weighted by Gasteiger charge is 2.56. The summed E-state index contributed by atoms with van der Waals surface area (Å²) in [5.74, 6) is 3.29. The lowest BCUT2D eigenvalue weighted by molar-refractivity contribution is -0.160. The van der Waals surface area contributed by atoms with E-state index in [4.69, 9.17) is 4.74 Å². The zero-order valence-corrected chi connectivity index (χ0v) is 18.9. The van der Waals surface area contributed by atoms with E-state index in [0.717, 1.165) is 67.7 Å². The van der Waals surface area contributed by atoms with Gasteiger partial charge in [0.15, 0.2) is 0 Å². The van der Waals surface area contributed by atoms with Gasteiger partial charge in [-0.05, 0) is 89.0 Å². The summed E-state index contributed by atoms with van der Waals surface area (Å²) in [5, 5.41) is 3.10. The summed E-state index contributed by atoms with van der Waals surface area (Å²) in [7, 11) is 0. The second kappa shape index (κ2) is 8.14. The third-order valence-electron chi connectivity index (χ3n) is 8.10. The highest BCUT2D eigenvalue weighted by molar-refractivity contribution is 5.91. The standard InChI is InChI=1S/C26H36N2O3/c1-17(2)31-23-8-4-3-6-21(23)16-27-24(29)22-7-5-9-28(22)25(30)26-13-18-10-19(14-26)12-20(11-18)15-26/h3-4,6,8,17-20,22H,5,7,9-16H2,1-2H3,(H,27,29). The molecule has 31 heavy (non-hydrogen) atoms. The number of carbonyl (C=O) groups is 2. The normalized spacial score (nSPS) is 33.7. The summed E-state index contributed by atoms with van der Waals surface area (Å²) >= 11 is 0. The minimum absolute atomic E-state index is 0.0186. The van der Waals surface area contributed by atoms with Gasteiger partial charge in [-0.25, -0.2) is 0 Å². The molecule has 1 unspecified atom stereocenters. The minimum atomic E-state index is -0.321. The molecule has 4 bridgehead atoms. The maximum absolute atomic E-state index is 13.8. The lowest BCUT2D eigenvalue weighted by Gasteiger charge is -2.56. The Hall–Kier alpha value is -2.04. The number of hydrogen-bond donors (Lipinski definition) is 1. The molecule has 1 aromatic rings. The van der Waals surface area contributed by atoms with Gasteiger partial charge in [0.25, 0.3) is 0 Å². The molecule has 5 heteroatoms. The van der Waals surface area contributed by atoms with Crippen molar-refractivity contribution >= 4 is 11.8 Å². The molecule has 1 heterocycles. The summed E-state index contributed by atoms with van der Waals surface area (Å²) in [6.07, 6.45) is 8.93. The first kappa shape index (κ1) is 20.8. The van der Waals surface area contributed by atoms with Crippen molar-refractivity contribution in [2.45, 2.75) is 83.9 Å². The Morgan fingerprint density at radius 1 is 1.10 bits per heavy atom. The van der Waals surface area contributed by atoms with Gasteiger partial charge in [0, 0.05) is 18.7 Å². The van der Waals surface area contributed by atoms with E-state index < -0.39 is 0 Å². The maximum atomic E-state index is 13.8. The summed E-state index contributed by atoms with van der Waals surface area (Å²) in [6, 6.07) is 7.53. The summed E-state index contributed by atoms with van der Waals surface area (Å²) in [4.78, 5) is 28.9. The third-order valence-corrected chi connectivity index (χ3v) is 8.10. The Kier molecular flexibility index (Phi) is 5.47. The van der Waals surface area contributed by atoms with Crippen LogP contribution in [0.1, 0.15) is 70.8 Å². The zero-order valence-electron chi connectivity index (χ0n) is 18.9. The van der Waals surface area contributed by atoms with Crippen molar-refractivity contribution in [3.8, 4) is 5.75 Å². The van der Waals surface area contributed by atoms with Crippen molar-refractivity contribution in [3.05, 3.63) is 29.8 Å². The monoisotopic (exact) mass is 424 g/mol. The van der Waals surface area contributed by atoms with Crippen LogP contribution in [0.5, 0.6) is 5.75 Å². The average Bonchev–Trinajstić information content (AvgIpc) is 3.21. The molecule has 5 aliphatic rings. The fraction of sp³-hybridized carbons (Fsp3) is 0.692. The van der Waals surface area contributed by atoms with Gasteiger partial charge in [-0.3, -0.25) is 9.59 Å². The maximum Gasteiger partial charge on any atom is 0.243 e. The van der Waals surface area contributed by atoms with Crippen molar-refractivity contribution in [1.29, 1.82) is 0 Å². The van der Waals surface area contributed by atoms with E-state index in [0.29, 0.717) is 6.54 Å². The van der Waals surface area contributed by atoms with E-state index in [1.54, 1.807) is 0 Å². The molecule has 6 rings (SSSR count). The van der Waals surface area contributed by atoms with Crippen LogP contribution in [-0.2, 0) is 16.1 Å². The van der Waals surface area contributed by atoms with Gasteiger partial charge >= 0.3 is 0 Å².